The average molecular weight is 477 g/mol. The first kappa shape index (κ1) is 22.3. The van der Waals surface area contributed by atoms with Gasteiger partial charge in [0.15, 0.2) is 0 Å². The molecule has 10 nitrogen and oxygen atoms in total. The Bertz CT molecular complexity index is 1440. The van der Waals surface area contributed by atoms with Crippen LogP contribution < -0.4 is 16.0 Å². The summed E-state index contributed by atoms with van der Waals surface area (Å²) in [7, 11) is 0. The summed E-state index contributed by atoms with van der Waals surface area (Å²) in [6.07, 6.45) is 7.22. The van der Waals surface area contributed by atoms with Gasteiger partial charge in [0.05, 0.1) is 34.7 Å². The van der Waals surface area contributed by atoms with Crippen LogP contribution in [0.3, 0.4) is 0 Å². The number of halogens is 2. The number of amides is 1. The molecule has 0 aliphatic carbocycles. The standard InChI is InChI=1S/C23H21F2N9O/c1-13-9-32(20-3-2-14(5-26)6-28-20)12-18(13)31-21-17(22(27)35)8-30-33-10-15(4-19(21)33)16-7-29-34(11-16)23(24)25/h2-4,6-8,10-11,13,18,23,31H,9,12H2,1H3,(H2,27,35)/t13-,18+/m0/s1. The minimum Gasteiger partial charge on any atom is -0.378 e. The zero-order valence-corrected chi connectivity index (χ0v) is 18.6. The summed E-state index contributed by atoms with van der Waals surface area (Å²) in [5.74, 6) is 0.322. The number of nitrogens with two attached hydrogens (primary N) is 1. The fourth-order valence-electron chi connectivity index (χ4n) is 4.31. The summed E-state index contributed by atoms with van der Waals surface area (Å²) >= 11 is 0. The van der Waals surface area contributed by atoms with E-state index in [2.05, 4.69) is 38.4 Å². The van der Waals surface area contributed by atoms with E-state index in [-0.39, 0.29) is 17.5 Å². The molecule has 3 N–H and O–H groups in total. The molecule has 5 heterocycles. The SMILES string of the molecule is C[C@H]1CN(c2ccc(C#N)cn2)C[C@H]1Nc1c(C(N)=O)cnn2cc(-c3cnn(C(F)F)c3)cc12. The molecule has 12 heteroatoms. The van der Waals surface area contributed by atoms with Gasteiger partial charge in [-0.3, -0.25) is 4.79 Å². The Kier molecular flexibility index (Phi) is 5.52. The third kappa shape index (κ3) is 4.12. The van der Waals surface area contributed by atoms with Crippen molar-refractivity contribution in [2.75, 3.05) is 23.3 Å². The average Bonchev–Trinajstić information content (AvgIpc) is 3.57. The van der Waals surface area contributed by atoms with Crippen LogP contribution in [0.2, 0.25) is 0 Å². The van der Waals surface area contributed by atoms with Gasteiger partial charge in [0.2, 0.25) is 0 Å². The molecule has 0 radical (unpaired) electrons. The Labute approximate surface area is 198 Å². The number of alkyl halides is 2. The lowest BCUT2D eigenvalue weighted by Crippen LogP contribution is -2.30. The topological polar surface area (TPSA) is 130 Å². The summed E-state index contributed by atoms with van der Waals surface area (Å²) < 4.78 is 28.1. The second-order valence-electron chi connectivity index (χ2n) is 8.49. The van der Waals surface area contributed by atoms with Crippen molar-refractivity contribution < 1.29 is 13.6 Å². The largest absolute Gasteiger partial charge is 0.378 e. The fourth-order valence-corrected chi connectivity index (χ4v) is 4.31. The monoisotopic (exact) mass is 477 g/mol. The van der Waals surface area contributed by atoms with Crippen LogP contribution in [0.15, 0.2) is 49.2 Å². The Balaban J connectivity index is 1.47. The molecular weight excluding hydrogens is 456 g/mol. The van der Waals surface area contributed by atoms with Crippen LogP contribution in [0.4, 0.5) is 20.3 Å². The van der Waals surface area contributed by atoms with Gasteiger partial charge in [-0.2, -0.15) is 24.2 Å². The van der Waals surface area contributed by atoms with E-state index < -0.39 is 12.5 Å². The quantitative estimate of drug-likeness (QED) is 0.437. The van der Waals surface area contributed by atoms with Crippen LogP contribution in [0.1, 0.15) is 29.4 Å². The summed E-state index contributed by atoms with van der Waals surface area (Å²) in [4.78, 5) is 18.7. The van der Waals surface area contributed by atoms with Gasteiger partial charge < -0.3 is 16.0 Å². The van der Waals surface area contributed by atoms with E-state index in [1.54, 1.807) is 22.8 Å². The van der Waals surface area contributed by atoms with Crippen molar-refractivity contribution in [1.82, 2.24) is 24.4 Å². The third-order valence-electron chi connectivity index (χ3n) is 6.18. The molecule has 178 valence electrons. The summed E-state index contributed by atoms with van der Waals surface area (Å²) in [5, 5.41) is 20.4. The van der Waals surface area contributed by atoms with Crippen LogP contribution in [-0.2, 0) is 0 Å². The molecule has 5 rings (SSSR count). The molecule has 1 amide bonds. The summed E-state index contributed by atoms with van der Waals surface area (Å²) in [5.41, 5.74) is 8.59. The lowest BCUT2D eigenvalue weighted by molar-refractivity contribution is 0.0566. The van der Waals surface area contributed by atoms with Gasteiger partial charge in [0, 0.05) is 48.8 Å². The Morgan fingerprint density at radius 1 is 1.20 bits per heavy atom. The van der Waals surface area contributed by atoms with Gasteiger partial charge in [0.1, 0.15) is 11.9 Å². The maximum Gasteiger partial charge on any atom is 0.333 e. The van der Waals surface area contributed by atoms with E-state index in [9.17, 15) is 13.6 Å². The van der Waals surface area contributed by atoms with Crippen LogP contribution in [0.25, 0.3) is 16.6 Å². The molecule has 4 aromatic heterocycles. The van der Waals surface area contributed by atoms with Crippen molar-refractivity contribution in [2.45, 2.75) is 19.5 Å². The van der Waals surface area contributed by atoms with Gasteiger partial charge >= 0.3 is 6.55 Å². The number of hydrogen-bond acceptors (Lipinski definition) is 7. The van der Waals surface area contributed by atoms with Gasteiger partial charge in [-0.05, 0) is 24.1 Å². The Morgan fingerprint density at radius 3 is 2.69 bits per heavy atom. The predicted molar refractivity (Wildman–Crippen MR) is 124 cm³/mol. The van der Waals surface area contributed by atoms with E-state index in [0.717, 1.165) is 12.4 Å². The molecule has 1 saturated heterocycles. The van der Waals surface area contributed by atoms with Gasteiger partial charge in [-0.15, -0.1) is 0 Å². The first-order chi connectivity index (χ1) is 16.8. The Morgan fingerprint density at radius 2 is 2.03 bits per heavy atom. The number of nitriles is 1. The highest BCUT2D eigenvalue weighted by atomic mass is 19.3. The highest BCUT2D eigenvalue weighted by Crippen LogP contribution is 2.32. The number of nitrogens with one attached hydrogen (secondary N) is 1. The maximum absolute atomic E-state index is 13.0. The number of hydrogen-bond donors (Lipinski definition) is 2. The number of primary amides is 1. The number of anilines is 2. The van der Waals surface area contributed by atoms with Crippen LogP contribution in [-0.4, -0.2) is 49.4 Å². The van der Waals surface area contributed by atoms with E-state index in [1.807, 2.05) is 6.07 Å². The second kappa shape index (κ2) is 8.68. The first-order valence-corrected chi connectivity index (χ1v) is 10.9. The van der Waals surface area contributed by atoms with E-state index >= 15 is 0 Å². The van der Waals surface area contributed by atoms with Gasteiger partial charge in [-0.25, -0.2) is 14.2 Å². The molecule has 1 fully saturated rings. The number of nitrogens with zero attached hydrogens (tertiary/aromatic N) is 7. The lowest BCUT2D eigenvalue weighted by atomic mass is 10.1. The molecule has 1 aliphatic heterocycles. The number of pyridine rings is 1. The Hall–Kier alpha value is -4.53. The smallest absolute Gasteiger partial charge is 0.333 e. The zero-order valence-electron chi connectivity index (χ0n) is 18.6. The van der Waals surface area contributed by atoms with Crippen LogP contribution >= 0.6 is 0 Å². The second-order valence-corrected chi connectivity index (χ2v) is 8.49. The van der Waals surface area contributed by atoms with Crippen molar-refractivity contribution in [3.63, 3.8) is 0 Å². The first-order valence-electron chi connectivity index (χ1n) is 10.9. The number of carbonyl (C=O) groups excluding carboxylic acids is 1. The molecule has 0 aromatic carbocycles. The normalized spacial score (nSPS) is 17.7. The molecule has 35 heavy (non-hydrogen) atoms. The van der Waals surface area contributed by atoms with Crippen molar-refractivity contribution in [3.8, 4) is 17.2 Å². The molecule has 0 bridgehead atoms. The maximum atomic E-state index is 13.0. The van der Waals surface area contributed by atoms with Crippen molar-refractivity contribution in [2.24, 2.45) is 11.7 Å². The van der Waals surface area contributed by atoms with Crippen LogP contribution in [0, 0.1) is 17.2 Å². The molecule has 0 unspecified atom stereocenters. The highest BCUT2D eigenvalue weighted by molar-refractivity contribution is 6.02. The molecule has 0 spiro atoms. The summed E-state index contributed by atoms with van der Waals surface area (Å²) in [6.45, 7) is 0.686. The molecule has 1 aliphatic rings. The fraction of sp³-hybridized carbons (Fsp3) is 0.261. The van der Waals surface area contributed by atoms with E-state index in [4.69, 9.17) is 11.0 Å². The van der Waals surface area contributed by atoms with Crippen molar-refractivity contribution >= 4 is 22.9 Å². The number of aromatic nitrogens is 5. The molecule has 4 aromatic rings. The predicted octanol–water partition coefficient (Wildman–Crippen LogP) is 2.90. The third-order valence-corrected chi connectivity index (χ3v) is 6.18. The van der Waals surface area contributed by atoms with E-state index in [1.165, 1.54) is 24.8 Å². The highest BCUT2D eigenvalue weighted by Gasteiger charge is 2.32. The lowest BCUT2D eigenvalue weighted by Gasteiger charge is -2.21. The zero-order chi connectivity index (χ0) is 24.7. The number of rotatable bonds is 6. The molecule has 2 atom stereocenters. The van der Waals surface area contributed by atoms with Gasteiger partial charge in [0.25, 0.3) is 5.91 Å². The van der Waals surface area contributed by atoms with Crippen molar-refractivity contribution in [3.05, 3.63) is 60.3 Å². The van der Waals surface area contributed by atoms with E-state index in [0.29, 0.717) is 39.1 Å². The van der Waals surface area contributed by atoms with Crippen molar-refractivity contribution in [1.29, 1.82) is 5.26 Å². The number of fused-ring (bicyclic) bond motifs is 1. The minimum atomic E-state index is -2.74. The number of carbonyl (C=O) groups is 1. The molecular formula is C23H21F2N9O. The minimum absolute atomic E-state index is 0.0447. The van der Waals surface area contributed by atoms with Gasteiger partial charge in [-0.1, -0.05) is 6.92 Å². The molecule has 0 saturated carbocycles. The van der Waals surface area contributed by atoms with Crippen LogP contribution in [0.5, 0.6) is 0 Å². The summed E-state index contributed by atoms with van der Waals surface area (Å²) in [6, 6.07) is 7.31.